The molecule has 0 spiro atoms. The van der Waals surface area contributed by atoms with Gasteiger partial charge < -0.3 is 10.2 Å². The van der Waals surface area contributed by atoms with Gasteiger partial charge in [-0.1, -0.05) is 37.3 Å². The Hall–Kier alpha value is -2.24. The van der Waals surface area contributed by atoms with Gasteiger partial charge in [0.25, 0.3) is 0 Å². The van der Waals surface area contributed by atoms with Crippen LogP contribution in [0.25, 0.3) is 0 Å². The molecule has 2 aromatic rings. The zero-order valence-electron chi connectivity index (χ0n) is 16.0. The monoisotopic (exact) mass is 364 g/mol. The molecule has 2 aliphatic rings. The van der Waals surface area contributed by atoms with E-state index in [4.69, 9.17) is 0 Å². The number of benzene rings is 1. The number of nitrogens with zero attached hydrogens (tertiary/aromatic N) is 3. The van der Waals surface area contributed by atoms with Gasteiger partial charge in [0.1, 0.15) is 5.54 Å². The molecule has 5 nitrogen and oxygen atoms in total. The summed E-state index contributed by atoms with van der Waals surface area (Å²) in [6.07, 6.45) is 3.36. The average molecular weight is 364 g/mol. The summed E-state index contributed by atoms with van der Waals surface area (Å²) in [6.45, 7) is 7.71. The number of likely N-dealkylation sites (N-methyl/N-ethyl adjacent to an activating group) is 1. The molecule has 5 heteroatoms. The van der Waals surface area contributed by atoms with Crippen molar-refractivity contribution in [3.05, 3.63) is 65.5 Å². The van der Waals surface area contributed by atoms with Gasteiger partial charge in [-0.25, -0.2) is 0 Å². The summed E-state index contributed by atoms with van der Waals surface area (Å²) in [5.41, 5.74) is 3.04. The largest absolute Gasteiger partial charge is 0.349 e. The number of aromatic nitrogens is 1. The molecule has 4 rings (SSSR count). The summed E-state index contributed by atoms with van der Waals surface area (Å²) in [7, 11) is 0. The summed E-state index contributed by atoms with van der Waals surface area (Å²) in [4.78, 5) is 22.7. The highest BCUT2D eigenvalue weighted by atomic mass is 16.2. The van der Waals surface area contributed by atoms with Crippen LogP contribution in [0.1, 0.15) is 23.7 Å². The molecule has 1 aromatic heterocycles. The fourth-order valence-electron chi connectivity index (χ4n) is 4.45. The highest BCUT2D eigenvalue weighted by Crippen LogP contribution is 2.35. The van der Waals surface area contributed by atoms with Crippen molar-refractivity contribution < 1.29 is 4.79 Å². The number of amides is 1. The molecule has 27 heavy (non-hydrogen) atoms. The fraction of sp³-hybridized carbons (Fsp3) is 0.455. The topological polar surface area (TPSA) is 48.5 Å². The van der Waals surface area contributed by atoms with Gasteiger partial charge in [-0.3, -0.25) is 14.7 Å². The number of nitrogens with one attached hydrogen (secondary N) is 1. The van der Waals surface area contributed by atoms with E-state index in [1.807, 2.05) is 18.2 Å². The van der Waals surface area contributed by atoms with Crippen LogP contribution in [-0.4, -0.2) is 59.0 Å². The average Bonchev–Trinajstić information content (AvgIpc) is 3.14. The summed E-state index contributed by atoms with van der Waals surface area (Å²) in [5, 5.41) is 3.18. The van der Waals surface area contributed by atoms with Crippen LogP contribution in [-0.2, 0) is 24.2 Å². The van der Waals surface area contributed by atoms with Gasteiger partial charge in [-0.05, 0) is 29.8 Å². The minimum Gasteiger partial charge on any atom is -0.349 e. The maximum absolute atomic E-state index is 13.5. The smallest absolute Gasteiger partial charge is 0.241 e. The van der Waals surface area contributed by atoms with Crippen LogP contribution in [0.5, 0.6) is 0 Å². The number of rotatable bonds is 5. The summed E-state index contributed by atoms with van der Waals surface area (Å²) < 4.78 is 0. The van der Waals surface area contributed by atoms with E-state index in [2.05, 4.69) is 51.3 Å². The zero-order valence-corrected chi connectivity index (χ0v) is 16.0. The minimum absolute atomic E-state index is 0.134. The van der Waals surface area contributed by atoms with Gasteiger partial charge in [0, 0.05) is 45.2 Å². The van der Waals surface area contributed by atoms with E-state index in [1.165, 1.54) is 11.1 Å². The molecular weight excluding hydrogens is 336 g/mol. The Labute approximate surface area is 161 Å². The molecule has 0 unspecified atom stereocenters. The van der Waals surface area contributed by atoms with Gasteiger partial charge in [0.05, 0.1) is 12.2 Å². The maximum Gasteiger partial charge on any atom is 0.241 e. The molecule has 0 atom stereocenters. The number of hydrogen-bond acceptors (Lipinski definition) is 4. The van der Waals surface area contributed by atoms with Crippen LogP contribution in [0.4, 0.5) is 0 Å². The van der Waals surface area contributed by atoms with Gasteiger partial charge >= 0.3 is 0 Å². The Bertz CT molecular complexity index is 759. The Balaban J connectivity index is 1.54. The number of carbonyl (C=O) groups excluding carboxylic acids is 1. The second-order valence-corrected chi connectivity index (χ2v) is 7.58. The lowest BCUT2D eigenvalue weighted by Crippen LogP contribution is -2.64. The van der Waals surface area contributed by atoms with Crippen molar-refractivity contribution in [3.8, 4) is 0 Å². The van der Waals surface area contributed by atoms with Crippen LogP contribution < -0.4 is 5.32 Å². The molecule has 142 valence electrons. The maximum atomic E-state index is 13.5. The van der Waals surface area contributed by atoms with Gasteiger partial charge in [-0.2, -0.15) is 0 Å². The van der Waals surface area contributed by atoms with Crippen LogP contribution in [0.3, 0.4) is 0 Å². The molecule has 1 fully saturated rings. The molecule has 0 radical (unpaired) electrons. The third-order valence-electron chi connectivity index (χ3n) is 6.09. The quantitative estimate of drug-likeness (QED) is 0.880. The van der Waals surface area contributed by atoms with Crippen molar-refractivity contribution in [3.63, 3.8) is 0 Å². The van der Waals surface area contributed by atoms with Crippen LogP contribution in [0.15, 0.2) is 48.7 Å². The molecule has 0 bridgehead atoms. The molecular formula is C22H28N4O. The Morgan fingerprint density at radius 1 is 1.04 bits per heavy atom. The summed E-state index contributed by atoms with van der Waals surface area (Å²) in [6, 6.07) is 14.3. The van der Waals surface area contributed by atoms with Crippen LogP contribution in [0, 0.1) is 0 Å². The number of carbonyl (C=O) groups is 1. The molecule has 1 aliphatic heterocycles. The van der Waals surface area contributed by atoms with Crippen molar-refractivity contribution >= 4 is 5.91 Å². The summed E-state index contributed by atoms with van der Waals surface area (Å²) in [5.74, 6) is 0.134. The predicted octanol–water partition coefficient (Wildman–Crippen LogP) is 1.87. The summed E-state index contributed by atoms with van der Waals surface area (Å²) >= 11 is 0. The first-order valence-corrected chi connectivity index (χ1v) is 9.94. The standard InChI is InChI=1S/C22H28N4O/c1-2-25-11-13-26(14-12-25)22(15-18-7-3-4-8-19(18)16-22)21(27)24-17-20-9-5-6-10-23-20/h3-10H,2,11-17H2,1H3,(H,24,27). The van der Waals surface area contributed by atoms with E-state index in [9.17, 15) is 4.79 Å². The second-order valence-electron chi connectivity index (χ2n) is 7.58. The Morgan fingerprint density at radius 3 is 2.30 bits per heavy atom. The SMILES string of the molecule is CCN1CCN(C2(C(=O)NCc3ccccn3)Cc3ccccc3C2)CC1. The van der Waals surface area contributed by atoms with E-state index in [-0.39, 0.29) is 5.91 Å². The van der Waals surface area contributed by atoms with Crippen LogP contribution >= 0.6 is 0 Å². The van der Waals surface area contributed by atoms with Crippen molar-refractivity contribution in [1.82, 2.24) is 20.1 Å². The normalized spacial score (nSPS) is 19.6. The predicted molar refractivity (Wildman–Crippen MR) is 106 cm³/mol. The van der Waals surface area contributed by atoms with Crippen molar-refractivity contribution in [1.29, 1.82) is 0 Å². The number of piperazine rings is 1. The highest BCUT2D eigenvalue weighted by Gasteiger charge is 2.48. The first kappa shape index (κ1) is 18.1. The molecule has 2 heterocycles. The minimum atomic E-state index is -0.474. The highest BCUT2D eigenvalue weighted by molar-refractivity contribution is 5.88. The first-order valence-electron chi connectivity index (χ1n) is 9.94. The third kappa shape index (κ3) is 3.62. The first-order chi connectivity index (χ1) is 13.2. The second kappa shape index (κ2) is 7.79. The molecule has 1 aliphatic carbocycles. The van der Waals surface area contributed by atoms with Crippen molar-refractivity contribution in [2.24, 2.45) is 0 Å². The number of pyridine rings is 1. The van der Waals surface area contributed by atoms with E-state index < -0.39 is 5.54 Å². The van der Waals surface area contributed by atoms with Gasteiger partial charge in [-0.15, -0.1) is 0 Å². The lowest BCUT2D eigenvalue weighted by atomic mass is 9.90. The van der Waals surface area contributed by atoms with Gasteiger partial charge in [0.2, 0.25) is 5.91 Å². The lowest BCUT2D eigenvalue weighted by molar-refractivity contribution is -0.135. The van der Waals surface area contributed by atoms with E-state index in [0.717, 1.165) is 51.3 Å². The molecule has 1 amide bonds. The van der Waals surface area contributed by atoms with E-state index in [0.29, 0.717) is 6.54 Å². The van der Waals surface area contributed by atoms with E-state index in [1.54, 1.807) is 6.20 Å². The molecule has 1 saturated heterocycles. The number of hydrogen-bond donors (Lipinski definition) is 1. The lowest BCUT2D eigenvalue weighted by Gasteiger charge is -2.44. The van der Waals surface area contributed by atoms with Gasteiger partial charge in [0.15, 0.2) is 0 Å². The van der Waals surface area contributed by atoms with Crippen molar-refractivity contribution in [2.45, 2.75) is 31.8 Å². The number of fused-ring (bicyclic) bond motifs is 1. The van der Waals surface area contributed by atoms with Crippen LogP contribution in [0.2, 0.25) is 0 Å². The van der Waals surface area contributed by atoms with E-state index >= 15 is 0 Å². The Morgan fingerprint density at radius 2 is 1.70 bits per heavy atom. The zero-order chi connectivity index (χ0) is 18.7. The Kier molecular flexibility index (Phi) is 5.23. The fourth-order valence-corrected chi connectivity index (χ4v) is 4.45. The molecule has 0 saturated carbocycles. The third-order valence-corrected chi connectivity index (χ3v) is 6.09. The molecule has 1 aromatic carbocycles. The van der Waals surface area contributed by atoms with Crippen molar-refractivity contribution in [2.75, 3.05) is 32.7 Å². The molecule has 1 N–H and O–H groups in total.